The molecule has 84 valence electrons. The van der Waals surface area contributed by atoms with Gasteiger partial charge >= 0.3 is 0 Å². The van der Waals surface area contributed by atoms with Crippen molar-refractivity contribution in [3.05, 3.63) is 36.9 Å². The Morgan fingerprint density at radius 3 is 2.75 bits per heavy atom. The first-order valence-corrected chi connectivity index (χ1v) is 5.19. The van der Waals surface area contributed by atoms with Crippen LogP contribution in [0.15, 0.2) is 36.9 Å². The molecule has 1 unspecified atom stereocenters. The van der Waals surface area contributed by atoms with Crippen LogP contribution < -0.4 is 0 Å². The van der Waals surface area contributed by atoms with E-state index in [1.54, 1.807) is 24.6 Å². The van der Waals surface area contributed by atoms with E-state index in [1.165, 1.54) is 0 Å². The van der Waals surface area contributed by atoms with Crippen LogP contribution in [0.3, 0.4) is 0 Å². The van der Waals surface area contributed by atoms with Gasteiger partial charge in [0.05, 0.1) is 11.1 Å². The van der Waals surface area contributed by atoms with Crippen molar-refractivity contribution < 1.29 is 5.11 Å². The Morgan fingerprint density at radius 1 is 1.44 bits per heavy atom. The van der Waals surface area contributed by atoms with Gasteiger partial charge in [0.25, 0.3) is 0 Å². The molecule has 0 fully saturated rings. The Hall–Kier alpha value is -1.68. The molecule has 0 aliphatic rings. The minimum Gasteiger partial charge on any atom is -0.388 e. The zero-order chi connectivity index (χ0) is 11.8. The molecular weight excluding hydrogens is 202 g/mol. The average molecular weight is 217 g/mol. The van der Waals surface area contributed by atoms with Crippen molar-refractivity contribution in [2.45, 2.75) is 25.5 Å². The summed E-state index contributed by atoms with van der Waals surface area (Å²) in [6.07, 6.45) is 1.68. The summed E-state index contributed by atoms with van der Waals surface area (Å²) in [5.74, 6) is 0. The molecule has 0 bridgehead atoms. The van der Waals surface area contributed by atoms with E-state index in [4.69, 9.17) is 0 Å². The zero-order valence-electron chi connectivity index (χ0n) is 9.46. The van der Waals surface area contributed by atoms with E-state index in [0.717, 1.165) is 11.0 Å². The Bertz CT molecular complexity index is 510. The molecule has 0 spiro atoms. The van der Waals surface area contributed by atoms with E-state index >= 15 is 0 Å². The third-order valence-electron chi connectivity index (χ3n) is 2.59. The first-order valence-electron chi connectivity index (χ1n) is 5.19. The lowest BCUT2D eigenvalue weighted by molar-refractivity contribution is 0.0385. The van der Waals surface area contributed by atoms with Gasteiger partial charge in [-0.1, -0.05) is 23.4 Å². The van der Waals surface area contributed by atoms with Gasteiger partial charge in [-0.25, -0.2) is 4.68 Å². The summed E-state index contributed by atoms with van der Waals surface area (Å²) in [5, 5.41) is 18.2. The van der Waals surface area contributed by atoms with Gasteiger partial charge < -0.3 is 5.11 Å². The maximum Gasteiger partial charge on any atom is 0.113 e. The van der Waals surface area contributed by atoms with Gasteiger partial charge in [-0.3, -0.25) is 0 Å². The Labute approximate surface area is 94.2 Å². The molecule has 0 saturated carbocycles. The van der Waals surface area contributed by atoms with E-state index in [1.807, 2.05) is 24.3 Å². The summed E-state index contributed by atoms with van der Waals surface area (Å²) in [7, 11) is 0. The topological polar surface area (TPSA) is 50.9 Å². The molecule has 16 heavy (non-hydrogen) atoms. The molecule has 1 aromatic heterocycles. The summed E-state index contributed by atoms with van der Waals surface area (Å²) in [4.78, 5) is 0. The van der Waals surface area contributed by atoms with Crippen molar-refractivity contribution in [3.8, 4) is 0 Å². The smallest absolute Gasteiger partial charge is 0.113 e. The summed E-state index contributed by atoms with van der Waals surface area (Å²) >= 11 is 0. The highest BCUT2D eigenvalue weighted by molar-refractivity contribution is 5.74. The van der Waals surface area contributed by atoms with Crippen LogP contribution in [0.1, 0.15) is 19.9 Å². The van der Waals surface area contributed by atoms with Gasteiger partial charge in [0, 0.05) is 0 Å². The third kappa shape index (κ3) is 1.72. The Morgan fingerprint density at radius 2 is 2.12 bits per heavy atom. The minimum absolute atomic E-state index is 0.292. The number of aliphatic hydroxyl groups is 1. The molecule has 0 radical (unpaired) electrons. The molecule has 1 aromatic carbocycles. The second-order valence-corrected chi connectivity index (χ2v) is 4.36. The fraction of sp³-hybridized carbons (Fsp3) is 0.333. The third-order valence-corrected chi connectivity index (χ3v) is 2.59. The molecular formula is C12H15N3O. The molecule has 0 aliphatic heterocycles. The van der Waals surface area contributed by atoms with E-state index in [2.05, 4.69) is 16.9 Å². The van der Waals surface area contributed by atoms with Crippen molar-refractivity contribution in [1.29, 1.82) is 0 Å². The largest absolute Gasteiger partial charge is 0.388 e. The maximum absolute atomic E-state index is 10.0. The van der Waals surface area contributed by atoms with Crippen molar-refractivity contribution >= 4 is 11.0 Å². The number of nitrogens with zero attached hydrogens (tertiary/aromatic N) is 3. The molecule has 4 heteroatoms. The van der Waals surface area contributed by atoms with Gasteiger partial charge in [0.1, 0.15) is 11.6 Å². The van der Waals surface area contributed by atoms with Crippen LogP contribution in [0.2, 0.25) is 0 Å². The fourth-order valence-electron chi connectivity index (χ4n) is 1.78. The Kier molecular flexibility index (Phi) is 2.52. The van der Waals surface area contributed by atoms with Crippen molar-refractivity contribution in [2.75, 3.05) is 0 Å². The monoisotopic (exact) mass is 217 g/mol. The quantitative estimate of drug-likeness (QED) is 0.799. The van der Waals surface area contributed by atoms with Gasteiger partial charge in [-0.05, 0) is 26.0 Å². The highest BCUT2D eigenvalue weighted by Crippen LogP contribution is 2.25. The van der Waals surface area contributed by atoms with Gasteiger partial charge in [-0.15, -0.1) is 11.7 Å². The first kappa shape index (κ1) is 10.8. The second-order valence-electron chi connectivity index (χ2n) is 4.36. The lowest BCUT2D eigenvalue weighted by Gasteiger charge is -2.26. The molecule has 1 heterocycles. The average Bonchev–Trinajstić information content (AvgIpc) is 2.61. The summed E-state index contributed by atoms with van der Waals surface area (Å²) in [5.41, 5.74) is 0.797. The van der Waals surface area contributed by atoms with Gasteiger partial charge in [0.15, 0.2) is 0 Å². The standard InChI is InChI=1S/C12H15N3O/c1-4-11(12(2,3)16)15-10-8-6-5-7-9(10)13-14-15/h4-8,11,16H,1H2,2-3H3. The van der Waals surface area contributed by atoms with Gasteiger partial charge in [-0.2, -0.15) is 0 Å². The molecule has 1 atom stereocenters. The predicted molar refractivity (Wildman–Crippen MR) is 63.1 cm³/mol. The minimum atomic E-state index is -0.918. The second kappa shape index (κ2) is 3.72. The van der Waals surface area contributed by atoms with Crippen molar-refractivity contribution in [1.82, 2.24) is 15.0 Å². The molecule has 2 rings (SSSR count). The molecule has 4 nitrogen and oxygen atoms in total. The summed E-state index contributed by atoms with van der Waals surface area (Å²) in [6.45, 7) is 7.21. The number of rotatable bonds is 3. The van der Waals surface area contributed by atoms with E-state index < -0.39 is 5.60 Å². The van der Waals surface area contributed by atoms with Crippen LogP contribution in [-0.4, -0.2) is 25.7 Å². The molecule has 2 aromatic rings. The molecule has 0 saturated heterocycles. The van der Waals surface area contributed by atoms with Crippen LogP contribution in [0.5, 0.6) is 0 Å². The van der Waals surface area contributed by atoms with Crippen molar-refractivity contribution in [2.24, 2.45) is 0 Å². The first-order chi connectivity index (χ1) is 7.54. The van der Waals surface area contributed by atoms with Crippen LogP contribution in [0, 0.1) is 0 Å². The van der Waals surface area contributed by atoms with E-state index in [9.17, 15) is 5.11 Å². The number of fused-ring (bicyclic) bond motifs is 1. The predicted octanol–water partition coefficient (Wildman–Crippen LogP) is 1.93. The highest BCUT2D eigenvalue weighted by Gasteiger charge is 2.27. The summed E-state index contributed by atoms with van der Waals surface area (Å²) < 4.78 is 1.70. The SMILES string of the molecule is C=CC(n1nnc2ccccc21)C(C)(C)O. The van der Waals surface area contributed by atoms with Crippen LogP contribution in [0.25, 0.3) is 11.0 Å². The number of benzene rings is 1. The maximum atomic E-state index is 10.0. The number of hydrogen-bond acceptors (Lipinski definition) is 3. The van der Waals surface area contributed by atoms with Crippen LogP contribution in [-0.2, 0) is 0 Å². The Balaban J connectivity index is 2.58. The number of aromatic nitrogens is 3. The van der Waals surface area contributed by atoms with Crippen LogP contribution in [0.4, 0.5) is 0 Å². The van der Waals surface area contributed by atoms with Gasteiger partial charge in [0.2, 0.25) is 0 Å². The zero-order valence-corrected chi connectivity index (χ0v) is 9.46. The number of para-hydroxylation sites is 1. The molecule has 0 aliphatic carbocycles. The fourth-order valence-corrected chi connectivity index (χ4v) is 1.78. The molecule has 1 N–H and O–H groups in total. The van der Waals surface area contributed by atoms with Crippen LogP contribution >= 0.6 is 0 Å². The van der Waals surface area contributed by atoms with E-state index in [0.29, 0.717) is 0 Å². The number of hydrogen-bond donors (Lipinski definition) is 1. The lowest BCUT2D eigenvalue weighted by atomic mass is 9.99. The highest BCUT2D eigenvalue weighted by atomic mass is 16.3. The van der Waals surface area contributed by atoms with E-state index in [-0.39, 0.29) is 6.04 Å². The lowest BCUT2D eigenvalue weighted by Crippen LogP contribution is -2.32. The normalized spacial score (nSPS) is 13.9. The van der Waals surface area contributed by atoms with Crippen molar-refractivity contribution in [3.63, 3.8) is 0 Å². The molecule has 0 amide bonds. The summed E-state index contributed by atoms with van der Waals surface area (Å²) in [6, 6.07) is 7.36.